The molecule has 3 heteroatoms. The summed E-state index contributed by atoms with van der Waals surface area (Å²) in [6.07, 6.45) is 0. The molecule has 10 rings (SSSR count). The molecular weight excluding hydrogens is 522 g/mol. The van der Waals surface area contributed by atoms with Gasteiger partial charge in [-0.25, -0.2) is 9.97 Å². The zero-order valence-electron chi connectivity index (χ0n) is 23.1. The van der Waals surface area contributed by atoms with Gasteiger partial charge in [0, 0.05) is 21.7 Å². The number of rotatable bonds is 2. The molecule has 9 aromatic rings. The summed E-state index contributed by atoms with van der Waals surface area (Å²) in [6, 6.07) is 50.0. The van der Waals surface area contributed by atoms with E-state index >= 15 is 0 Å². The van der Waals surface area contributed by atoms with Gasteiger partial charge in [-0.2, -0.15) is 0 Å². The molecule has 0 saturated carbocycles. The van der Waals surface area contributed by atoms with Crippen molar-refractivity contribution in [1.82, 2.24) is 14.5 Å². The molecule has 0 spiro atoms. The van der Waals surface area contributed by atoms with Crippen molar-refractivity contribution in [2.24, 2.45) is 0 Å². The molecule has 2 heterocycles. The zero-order valence-corrected chi connectivity index (χ0v) is 23.1. The lowest BCUT2D eigenvalue weighted by molar-refractivity contribution is 1.01. The maximum Gasteiger partial charge on any atom is 0.235 e. The number of fused-ring (bicyclic) bond motifs is 5. The van der Waals surface area contributed by atoms with Crippen LogP contribution in [0, 0.1) is 0 Å². The van der Waals surface area contributed by atoms with Crippen molar-refractivity contribution >= 4 is 54.3 Å². The van der Waals surface area contributed by atoms with E-state index in [1.165, 1.54) is 54.6 Å². The van der Waals surface area contributed by atoms with Gasteiger partial charge in [-0.15, -0.1) is 0 Å². The maximum absolute atomic E-state index is 5.30. The van der Waals surface area contributed by atoms with Crippen LogP contribution in [-0.2, 0) is 0 Å². The average molecular weight is 546 g/mol. The molecule has 1 aliphatic rings. The van der Waals surface area contributed by atoms with Crippen LogP contribution in [0.25, 0.3) is 93.7 Å². The number of aromatic nitrogens is 3. The molecule has 1 aliphatic carbocycles. The van der Waals surface area contributed by atoms with Gasteiger partial charge in [-0.05, 0) is 74.1 Å². The Balaban J connectivity index is 1.39. The first-order chi connectivity index (χ1) is 21.3. The van der Waals surface area contributed by atoms with Crippen LogP contribution in [0.4, 0.5) is 0 Å². The Labute approximate surface area is 247 Å². The lowest BCUT2D eigenvalue weighted by Crippen LogP contribution is -2.03. The molecule has 0 N–H and O–H groups in total. The van der Waals surface area contributed by atoms with Gasteiger partial charge in [0.2, 0.25) is 5.95 Å². The second-order valence-corrected chi connectivity index (χ2v) is 11.4. The largest absolute Gasteiger partial charge is 0.278 e. The predicted octanol–water partition coefficient (Wildman–Crippen LogP) is 10.3. The topological polar surface area (TPSA) is 30.7 Å². The van der Waals surface area contributed by atoms with Gasteiger partial charge in [0.05, 0.1) is 22.2 Å². The van der Waals surface area contributed by atoms with Crippen molar-refractivity contribution in [3.8, 4) is 39.5 Å². The lowest BCUT2D eigenvalue weighted by atomic mass is 9.91. The van der Waals surface area contributed by atoms with Crippen LogP contribution < -0.4 is 0 Å². The average Bonchev–Trinajstić information content (AvgIpc) is 3.36. The molecule has 198 valence electrons. The Hall–Kier alpha value is -5.80. The molecule has 0 aliphatic heterocycles. The first-order valence-electron chi connectivity index (χ1n) is 14.7. The molecule has 0 atom stereocenters. The summed E-state index contributed by atoms with van der Waals surface area (Å²) < 4.78 is 2.27. The van der Waals surface area contributed by atoms with Gasteiger partial charge in [-0.3, -0.25) is 4.57 Å². The molecule has 0 amide bonds. The molecule has 0 radical (unpaired) electrons. The van der Waals surface area contributed by atoms with Gasteiger partial charge in [0.25, 0.3) is 0 Å². The first kappa shape index (κ1) is 22.8. The van der Waals surface area contributed by atoms with Crippen LogP contribution in [0.5, 0.6) is 0 Å². The molecule has 2 aromatic heterocycles. The minimum atomic E-state index is 0.686. The van der Waals surface area contributed by atoms with Crippen LogP contribution in [0.2, 0.25) is 0 Å². The van der Waals surface area contributed by atoms with Crippen LogP contribution >= 0.6 is 0 Å². The fourth-order valence-electron chi connectivity index (χ4n) is 7.26. The minimum Gasteiger partial charge on any atom is -0.278 e. The van der Waals surface area contributed by atoms with Crippen molar-refractivity contribution < 1.29 is 0 Å². The van der Waals surface area contributed by atoms with Gasteiger partial charge >= 0.3 is 0 Å². The van der Waals surface area contributed by atoms with Crippen LogP contribution in [0.3, 0.4) is 0 Å². The fraction of sp³-hybridized carbons (Fsp3) is 0. The Bertz CT molecular complexity index is 2610. The third-order valence-corrected chi connectivity index (χ3v) is 9.10. The van der Waals surface area contributed by atoms with E-state index < -0.39 is 0 Å². The quantitative estimate of drug-likeness (QED) is 0.216. The summed E-state index contributed by atoms with van der Waals surface area (Å²) >= 11 is 0. The Morgan fingerprint density at radius 2 is 1.07 bits per heavy atom. The Morgan fingerprint density at radius 1 is 0.419 bits per heavy atom. The van der Waals surface area contributed by atoms with E-state index in [0.29, 0.717) is 5.95 Å². The molecule has 0 fully saturated rings. The smallest absolute Gasteiger partial charge is 0.235 e. The third kappa shape index (κ3) is 3.08. The summed E-state index contributed by atoms with van der Waals surface area (Å²) in [4.78, 5) is 10.5. The molecule has 43 heavy (non-hydrogen) atoms. The second-order valence-electron chi connectivity index (χ2n) is 11.4. The number of hydrogen-bond donors (Lipinski definition) is 0. The van der Waals surface area contributed by atoms with Crippen LogP contribution in [0.15, 0.2) is 140 Å². The number of nitrogens with zero attached hydrogens (tertiary/aromatic N) is 3. The van der Waals surface area contributed by atoms with E-state index in [0.717, 1.165) is 33.2 Å². The summed E-state index contributed by atoms with van der Waals surface area (Å²) in [6.45, 7) is 0. The summed E-state index contributed by atoms with van der Waals surface area (Å²) in [5.74, 6) is 0.686. The summed E-state index contributed by atoms with van der Waals surface area (Å²) in [5, 5.41) is 8.59. The Morgan fingerprint density at radius 3 is 1.88 bits per heavy atom. The molecule has 0 bridgehead atoms. The van der Waals surface area contributed by atoms with Gasteiger partial charge < -0.3 is 0 Å². The maximum atomic E-state index is 5.30. The monoisotopic (exact) mass is 545 g/mol. The highest BCUT2D eigenvalue weighted by atomic mass is 15.2. The van der Waals surface area contributed by atoms with Crippen molar-refractivity contribution in [2.75, 3.05) is 0 Å². The van der Waals surface area contributed by atoms with E-state index in [2.05, 4.69) is 138 Å². The highest BCUT2D eigenvalue weighted by Crippen LogP contribution is 2.50. The van der Waals surface area contributed by atoms with E-state index in [-0.39, 0.29) is 0 Å². The minimum absolute atomic E-state index is 0.686. The molecule has 0 unspecified atom stereocenters. The SMILES string of the molecule is c1ccc(-c2nc(-n3c4cccc5c4c4c6c(cccc6ccc43)-c3cc4ccccc4cc3-5)nc3ccccc23)cc1. The fourth-order valence-corrected chi connectivity index (χ4v) is 7.26. The highest BCUT2D eigenvalue weighted by molar-refractivity contribution is 6.30. The zero-order chi connectivity index (χ0) is 28.1. The second kappa shape index (κ2) is 8.37. The summed E-state index contributed by atoms with van der Waals surface area (Å²) in [7, 11) is 0. The first-order valence-corrected chi connectivity index (χ1v) is 14.7. The number of hydrogen-bond acceptors (Lipinski definition) is 2. The molecule has 3 nitrogen and oxygen atoms in total. The van der Waals surface area contributed by atoms with E-state index in [1.807, 2.05) is 6.07 Å². The normalized spacial score (nSPS) is 12.2. The van der Waals surface area contributed by atoms with Crippen molar-refractivity contribution in [3.63, 3.8) is 0 Å². The van der Waals surface area contributed by atoms with Crippen molar-refractivity contribution in [3.05, 3.63) is 140 Å². The third-order valence-electron chi connectivity index (χ3n) is 9.10. The predicted molar refractivity (Wildman–Crippen MR) is 179 cm³/mol. The van der Waals surface area contributed by atoms with Crippen LogP contribution in [-0.4, -0.2) is 14.5 Å². The van der Waals surface area contributed by atoms with Crippen molar-refractivity contribution in [1.29, 1.82) is 0 Å². The molecular formula is C40H23N3. The molecule has 7 aromatic carbocycles. The summed E-state index contributed by atoms with van der Waals surface area (Å²) in [5.41, 5.74) is 10.2. The standard InChI is InChI=1S/C40H23N3/c1-2-10-25(11-3-1)39-30-15-6-7-18-33(30)41-40(42-39)43-34-19-9-17-29-32-23-27-13-5-4-12-26(27)22-31(32)28-16-8-14-24-20-21-35(43)38(36(24)28)37(29)34/h1-23H. The van der Waals surface area contributed by atoms with E-state index in [9.17, 15) is 0 Å². The van der Waals surface area contributed by atoms with Crippen molar-refractivity contribution in [2.45, 2.75) is 0 Å². The number of para-hydroxylation sites is 1. The van der Waals surface area contributed by atoms with Gasteiger partial charge in [0.1, 0.15) is 0 Å². The van der Waals surface area contributed by atoms with E-state index in [4.69, 9.17) is 9.97 Å². The van der Waals surface area contributed by atoms with Crippen LogP contribution in [0.1, 0.15) is 0 Å². The van der Waals surface area contributed by atoms with Gasteiger partial charge in [0.15, 0.2) is 0 Å². The lowest BCUT2D eigenvalue weighted by Gasteiger charge is -2.15. The van der Waals surface area contributed by atoms with E-state index in [1.54, 1.807) is 0 Å². The molecule has 0 saturated heterocycles. The highest BCUT2D eigenvalue weighted by Gasteiger charge is 2.26. The number of benzene rings is 7. The van der Waals surface area contributed by atoms with Gasteiger partial charge in [-0.1, -0.05) is 109 Å². The Kier molecular flexibility index (Phi) is 4.45.